The summed E-state index contributed by atoms with van der Waals surface area (Å²) in [6.45, 7) is 8.52. The van der Waals surface area contributed by atoms with Crippen molar-refractivity contribution >= 4 is 21.7 Å². The molecule has 2 aromatic heterocycles. The highest BCUT2D eigenvalue weighted by Crippen LogP contribution is 2.28. The molecule has 12 heteroatoms. The SMILES string of the molecule is CCOCC(C)Oc1nc(-c2cc(F)cc(OCC(C)C)c2)ccc1C(=O)NS(=O)(=O)c1cccc(N)n1. The van der Waals surface area contributed by atoms with Gasteiger partial charge >= 0.3 is 0 Å². The van der Waals surface area contributed by atoms with E-state index in [1.54, 1.807) is 13.0 Å². The van der Waals surface area contributed by atoms with Crippen molar-refractivity contribution in [3.05, 3.63) is 59.9 Å². The Morgan fingerprint density at radius 3 is 2.53 bits per heavy atom. The van der Waals surface area contributed by atoms with Crippen molar-refractivity contribution in [2.75, 3.05) is 25.6 Å². The van der Waals surface area contributed by atoms with Crippen molar-refractivity contribution in [1.82, 2.24) is 14.7 Å². The Bertz CT molecular complexity index is 1380. The van der Waals surface area contributed by atoms with Crippen LogP contribution in [-0.4, -0.2) is 50.2 Å². The average Bonchev–Trinajstić information content (AvgIpc) is 2.85. The second-order valence-corrected chi connectivity index (χ2v) is 10.5. The molecule has 0 bridgehead atoms. The molecule has 0 aliphatic rings. The number of aromatic nitrogens is 2. The molecule has 3 N–H and O–H groups in total. The van der Waals surface area contributed by atoms with Crippen LogP contribution >= 0.6 is 0 Å². The fraction of sp³-hybridized carbons (Fsp3) is 0.346. The van der Waals surface area contributed by atoms with Gasteiger partial charge in [0.25, 0.3) is 15.9 Å². The number of nitrogens with one attached hydrogen (secondary N) is 1. The molecule has 1 unspecified atom stereocenters. The molecule has 0 spiro atoms. The molecular weight excluding hydrogens is 515 g/mol. The first-order chi connectivity index (χ1) is 18.0. The zero-order valence-corrected chi connectivity index (χ0v) is 22.4. The third kappa shape index (κ3) is 7.86. The monoisotopic (exact) mass is 546 g/mol. The van der Waals surface area contributed by atoms with Gasteiger partial charge in [0.05, 0.1) is 18.9 Å². The van der Waals surface area contributed by atoms with Crippen LogP contribution in [0.2, 0.25) is 0 Å². The van der Waals surface area contributed by atoms with E-state index in [1.807, 2.05) is 25.5 Å². The standard InChI is InChI=1S/C26H31FN4O6S/c1-5-35-15-17(4)37-26-21(25(32)31-38(33,34)24-8-6-7-23(28)30-24)9-10-22(29-26)18-11-19(27)13-20(12-18)36-14-16(2)3/h6-13,16-17H,5,14-15H2,1-4H3,(H2,28,30)(H,31,32). The minimum absolute atomic E-state index is 0.0213. The van der Waals surface area contributed by atoms with E-state index < -0.39 is 32.9 Å². The van der Waals surface area contributed by atoms with Crippen molar-refractivity contribution in [2.45, 2.75) is 38.8 Å². The molecule has 3 aromatic rings. The summed E-state index contributed by atoms with van der Waals surface area (Å²) < 4.78 is 58.7. The highest BCUT2D eigenvalue weighted by atomic mass is 32.2. The number of halogens is 1. The van der Waals surface area contributed by atoms with Gasteiger partial charge in [0.1, 0.15) is 29.1 Å². The number of nitrogens with zero attached hydrogens (tertiary/aromatic N) is 2. The molecule has 1 aromatic carbocycles. The second kappa shape index (κ2) is 12.7. The topological polar surface area (TPSA) is 143 Å². The van der Waals surface area contributed by atoms with Crippen molar-refractivity contribution in [1.29, 1.82) is 0 Å². The normalized spacial score (nSPS) is 12.3. The Labute approximate surface area is 221 Å². The summed E-state index contributed by atoms with van der Waals surface area (Å²) in [5, 5.41) is -0.420. The lowest BCUT2D eigenvalue weighted by Gasteiger charge is -2.17. The van der Waals surface area contributed by atoms with Crippen LogP contribution in [0.4, 0.5) is 10.2 Å². The highest BCUT2D eigenvalue weighted by molar-refractivity contribution is 7.90. The number of anilines is 1. The van der Waals surface area contributed by atoms with Gasteiger partial charge in [-0.2, -0.15) is 8.42 Å². The average molecular weight is 547 g/mol. The third-order valence-electron chi connectivity index (χ3n) is 4.97. The van der Waals surface area contributed by atoms with Crippen LogP contribution in [-0.2, 0) is 14.8 Å². The van der Waals surface area contributed by atoms with Crippen LogP contribution in [0, 0.1) is 11.7 Å². The number of hydrogen-bond donors (Lipinski definition) is 2. The summed E-state index contributed by atoms with van der Waals surface area (Å²) >= 11 is 0. The number of rotatable bonds is 12. The first-order valence-corrected chi connectivity index (χ1v) is 13.5. The van der Waals surface area contributed by atoms with Gasteiger partial charge in [-0.3, -0.25) is 4.79 Å². The first-order valence-electron chi connectivity index (χ1n) is 12.0. The van der Waals surface area contributed by atoms with Crippen LogP contribution in [0.5, 0.6) is 11.6 Å². The Kier molecular flexibility index (Phi) is 9.59. The lowest BCUT2D eigenvalue weighted by Crippen LogP contribution is -2.32. The maximum Gasteiger partial charge on any atom is 0.281 e. The summed E-state index contributed by atoms with van der Waals surface area (Å²) in [5.41, 5.74) is 6.09. The summed E-state index contributed by atoms with van der Waals surface area (Å²) in [4.78, 5) is 21.2. The quantitative estimate of drug-likeness (QED) is 0.346. The number of nitrogens with two attached hydrogens (primary N) is 1. The van der Waals surface area contributed by atoms with E-state index in [9.17, 15) is 17.6 Å². The summed E-state index contributed by atoms with van der Waals surface area (Å²) in [7, 11) is -4.34. The van der Waals surface area contributed by atoms with Gasteiger partial charge in [0.15, 0.2) is 5.03 Å². The van der Waals surface area contributed by atoms with E-state index in [1.165, 1.54) is 42.5 Å². The van der Waals surface area contributed by atoms with Crippen molar-refractivity contribution in [2.24, 2.45) is 5.92 Å². The van der Waals surface area contributed by atoms with Crippen LogP contribution in [0.15, 0.2) is 53.6 Å². The third-order valence-corrected chi connectivity index (χ3v) is 6.20. The zero-order valence-electron chi connectivity index (χ0n) is 21.6. The zero-order chi connectivity index (χ0) is 27.9. The number of hydrogen-bond acceptors (Lipinski definition) is 9. The summed E-state index contributed by atoms with van der Waals surface area (Å²) in [6.07, 6.45) is -0.533. The molecule has 0 aliphatic heterocycles. The van der Waals surface area contributed by atoms with Gasteiger partial charge in [0.2, 0.25) is 5.88 Å². The van der Waals surface area contributed by atoms with Gasteiger partial charge in [-0.25, -0.2) is 19.1 Å². The summed E-state index contributed by atoms with van der Waals surface area (Å²) in [6, 6.07) is 11.0. The van der Waals surface area contributed by atoms with Gasteiger partial charge in [-0.05, 0) is 56.2 Å². The van der Waals surface area contributed by atoms with Crippen LogP contribution in [0.3, 0.4) is 0 Å². The Balaban J connectivity index is 1.97. The van der Waals surface area contributed by atoms with Crippen LogP contribution in [0.25, 0.3) is 11.3 Å². The lowest BCUT2D eigenvalue weighted by atomic mass is 10.1. The first kappa shape index (κ1) is 28.8. The maximum atomic E-state index is 14.4. The molecular formula is C26H31FN4O6S. The van der Waals surface area contributed by atoms with Crippen LogP contribution in [0.1, 0.15) is 38.1 Å². The Hall–Kier alpha value is -3.77. The second-order valence-electron chi connectivity index (χ2n) is 8.85. The fourth-order valence-electron chi connectivity index (χ4n) is 3.24. The molecule has 1 atom stereocenters. The van der Waals surface area contributed by atoms with E-state index in [2.05, 4.69) is 9.97 Å². The number of pyridine rings is 2. The predicted octanol–water partition coefficient (Wildman–Crippen LogP) is 3.82. The Morgan fingerprint density at radius 2 is 1.84 bits per heavy atom. The number of sulfonamides is 1. The molecule has 2 heterocycles. The molecule has 38 heavy (non-hydrogen) atoms. The number of carbonyl (C=O) groups is 1. The van der Waals surface area contributed by atoms with Gasteiger partial charge in [0, 0.05) is 18.2 Å². The number of ether oxygens (including phenoxy) is 3. The number of benzene rings is 1. The minimum atomic E-state index is -4.34. The van der Waals surface area contributed by atoms with Gasteiger partial charge in [-0.1, -0.05) is 19.9 Å². The lowest BCUT2D eigenvalue weighted by molar-refractivity contribution is 0.0624. The molecule has 0 saturated carbocycles. The molecule has 0 aliphatic carbocycles. The predicted molar refractivity (Wildman–Crippen MR) is 140 cm³/mol. The largest absolute Gasteiger partial charge is 0.493 e. The van der Waals surface area contributed by atoms with E-state index >= 15 is 0 Å². The minimum Gasteiger partial charge on any atom is -0.493 e. The van der Waals surface area contributed by atoms with Gasteiger partial charge in [-0.15, -0.1) is 0 Å². The Morgan fingerprint density at radius 1 is 1.08 bits per heavy atom. The highest BCUT2D eigenvalue weighted by Gasteiger charge is 2.25. The number of amides is 1. The van der Waals surface area contributed by atoms with Crippen molar-refractivity contribution < 1.29 is 31.8 Å². The van der Waals surface area contributed by atoms with E-state index in [0.29, 0.717) is 24.5 Å². The number of nitrogen functional groups attached to an aromatic ring is 1. The number of carbonyl (C=O) groups excluding carboxylic acids is 1. The van der Waals surface area contributed by atoms with E-state index in [0.717, 1.165) is 0 Å². The molecule has 1 amide bonds. The molecule has 10 nitrogen and oxygen atoms in total. The molecule has 3 rings (SSSR count). The molecule has 0 radical (unpaired) electrons. The van der Waals surface area contributed by atoms with Gasteiger partial charge < -0.3 is 19.9 Å². The summed E-state index contributed by atoms with van der Waals surface area (Å²) in [5.74, 6) is -1.14. The van der Waals surface area contributed by atoms with E-state index in [4.69, 9.17) is 19.9 Å². The molecule has 204 valence electrons. The van der Waals surface area contributed by atoms with Crippen molar-refractivity contribution in [3.63, 3.8) is 0 Å². The maximum absolute atomic E-state index is 14.4. The fourth-order valence-corrected chi connectivity index (χ4v) is 4.18. The van der Waals surface area contributed by atoms with Crippen molar-refractivity contribution in [3.8, 4) is 22.9 Å². The molecule has 0 fully saturated rings. The van der Waals surface area contributed by atoms with E-state index in [-0.39, 0.29) is 35.5 Å². The smallest absolute Gasteiger partial charge is 0.281 e. The van der Waals surface area contributed by atoms with Crippen LogP contribution < -0.4 is 19.9 Å². The molecule has 0 saturated heterocycles.